The van der Waals surface area contributed by atoms with Gasteiger partial charge in [-0.2, -0.15) is 0 Å². The average molecular weight is 411 g/mol. The topological polar surface area (TPSA) is 55.5 Å². The van der Waals surface area contributed by atoms with Gasteiger partial charge in [0.1, 0.15) is 5.75 Å². The Hall–Kier alpha value is -2.48. The van der Waals surface area contributed by atoms with E-state index in [0.717, 1.165) is 48.8 Å². The van der Waals surface area contributed by atoms with Crippen LogP contribution in [-0.4, -0.2) is 50.2 Å². The zero-order valence-electron chi connectivity index (χ0n) is 16.6. The van der Waals surface area contributed by atoms with Gasteiger partial charge in [-0.05, 0) is 56.2 Å². The van der Waals surface area contributed by atoms with Crippen LogP contribution in [0.1, 0.15) is 19.8 Å². The number of piperidine rings is 1. The lowest BCUT2D eigenvalue weighted by Gasteiger charge is -2.28. The summed E-state index contributed by atoms with van der Waals surface area (Å²) in [6.45, 7) is 4.92. The van der Waals surface area contributed by atoms with Crippen LogP contribution < -0.4 is 4.74 Å². The van der Waals surface area contributed by atoms with E-state index in [-0.39, 0.29) is 6.10 Å². The summed E-state index contributed by atoms with van der Waals surface area (Å²) >= 11 is 5.83. The fraction of sp³-hybridized carbons (Fsp3) is 0.364. The second-order valence-corrected chi connectivity index (χ2v) is 7.59. The molecule has 1 fully saturated rings. The van der Waals surface area contributed by atoms with Crippen molar-refractivity contribution in [2.24, 2.45) is 0 Å². The zero-order valence-corrected chi connectivity index (χ0v) is 17.4. The maximum Gasteiger partial charge on any atom is 0.204 e. The summed E-state index contributed by atoms with van der Waals surface area (Å²) in [5.74, 6) is 1.65. The quantitative estimate of drug-likeness (QED) is 0.625. The predicted octanol–water partition coefficient (Wildman–Crippen LogP) is 3.88. The number of ether oxygens (including phenoxy) is 1. The SMILES string of the molecule is CCOc1ccc(-n2c(-c3ccccc3)nn(CN3CCC(O)CC3)c2=S)cc1. The summed E-state index contributed by atoms with van der Waals surface area (Å²) in [4.78, 5) is 2.28. The lowest BCUT2D eigenvalue weighted by Crippen LogP contribution is -2.37. The number of rotatable bonds is 6. The number of aromatic nitrogens is 3. The van der Waals surface area contributed by atoms with Crippen LogP contribution in [0.4, 0.5) is 0 Å². The molecule has 29 heavy (non-hydrogen) atoms. The minimum absolute atomic E-state index is 0.194. The van der Waals surface area contributed by atoms with Gasteiger partial charge in [-0.15, -0.1) is 5.10 Å². The first-order chi connectivity index (χ1) is 14.2. The summed E-state index contributed by atoms with van der Waals surface area (Å²) in [6.07, 6.45) is 1.39. The summed E-state index contributed by atoms with van der Waals surface area (Å²) in [5.41, 5.74) is 1.97. The molecule has 7 heteroatoms. The van der Waals surface area contributed by atoms with Gasteiger partial charge in [0.2, 0.25) is 4.77 Å². The van der Waals surface area contributed by atoms with E-state index in [1.165, 1.54) is 0 Å². The van der Waals surface area contributed by atoms with Crippen molar-refractivity contribution in [3.05, 3.63) is 59.4 Å². The van der Waals surface area contributed by atoms with Crippen molar-refractivity contribution in [3.8, 4) is 22.8 Å². The molecule has 0 aliphatic carbocycles. The molecule has 152 valence electrons. The summed E-state index contributed by atoms with van der Waals surface area (Å²) in [7, 11) is 0. The Morgan fingerprint density at radius 2 is 1.76 bits per heavy atom. The molecule has 0 unspecified atom stereocenters. The lowest BCUT2D eigenvalue weighted by molar-refractivity contribution is 0.0651. The van der Waals surface area contributed by atoms with Gasteiger partial charge in [-0.3, -0.25) is 9.47 Å². The van der Waals surface area contributed by atoms with E-state index in [4.69, 9.17) is 22.1 Å². The molecule has 0 spiro atoms. The molecule has 0 amide bonds. The fourth-order valence-corrected chi connectivity index (χ4v) is 3.91. The van der Waals surface area contributed by atoms with E-state index < -0.39 is 0 Å². The first-order valence-electron chi connectivity index (χ1n) is 10.0. The highest BCUT2D eigenvalue weighted by Gasteiger charge is 2.20. The summed E-state index contributed by atoms with van der Waals surface area (Å²) in [6, 6.07) is 18.0. The number of nitrogens with zero attached hydrogens (tertiary/aromatic N) is 4. The van der Waals surface area contributed by atoms with Crippen molar-refractivity contribution >= 4 is 12.2 Å². The molecule has 1 N–H and O–H groups in total. The van der Waals surface area contributed by atoms with Crippen LogP contribution in [0.15, 0.2) is 54.6 Å². The minimum Gasteiger partial charge on any atom is -0.494 e. The highest BCUT2D eigenvalue weighted by molar-refractivity contribution is 7.71. The third kappa shape index (κ3) is 4.42. The van der Waals surface area contributed by atoms with Crippen molar-refractivity contribution in [2.75, 3.05) is 19.7 Å². The molecular formula is C22H26N4O2S. The molecule has 1 aromatic heterocycles. The smallest absolute Gasteiger partial charge is 0.204 e. The second-order valence-electron chi connectivity index (χ2n) is 7.22. The van der Waals surface area contributed by atoms with Gasteiger partial charge in [-0.1, -0.05) is 30.3 Å². The zero-order chi connectivity index (χ0) is 20.2. The number of hydrogen-bond donors (Lipinski definition) is 1. The van der Waals surface area contributed by atoms with Gasteiger partial charge in [0.15, 0.2) is 5.82 Å². The number of likely N-dealkylation sites (tertiary alicyclic amines) is 1. The van der Waals surface area contributed by atoms with Crippen LogP contribution in [0.5, 0.6) is 5.75 Å². The Bertz CT molecular complexity index is 990. The summed E-state index contributed by atoms with van der Waals surface area (Å²) in [5, 5.41) is 14.6. The molecule has 1 aliphatic heterocycles. The monoisotopic (exact) mass is 410 g/mol. The van der Waals surface area contributed by atoms with Crippen LogP contribution >= 0.6 is 12.2 Å². The van der Waals surface area contributed by atoms with Crippen molar-refractivity contribution in [3.63, 3.8) is 0 Å². The number of benzene rings is 2. The van der Waals surface area contributed by atoms with E-state index >= 15 is 0 Å². The Morgan fingerprint density at radius 3 is 2.41 bits per heavy atom. The van der Waals surface area contributed by atoms with Gasteiger partial charge in [0.05, 0.1) is 25.1 Å². The molecule has 1 aliphatic rings. The van der Waals surface area contributed by atoms with Gasteiger partial charge >= 0.3 is 0 Å². The molecule has 0 radical (unpaired) electrons. The first kappa shape index (κ1) is 19.8. The van der Waals surface area contributed by atoms with Crippen molar-refractivity contribution in [2.45, 2.75) is 32.5 Å². The first-order valence-corrected chi connectivity index (χ1v) is 10.5. The highest BCUT2D eigenvalue weighted by Crippen LogP contribution is 2.24. The minimum atomic E-state index is -0.194. The normalized spacial score (nSPS) is 15.5. The molecule has 4 rings (SSSR count). The third-order valence-corrected chi connectivity index (χ3v) is 5.56. The Labute approximate surface area is 176 Å². The second kappa shape index (κ2) is 8.90. The Balaban J connectivity index is 1.72. The van der Waals surface area contributed by atoms with Crippen LogP contribution in [0.25, 0.3) is 17.1 Å². The number of hydrogen-bond acceptors (Lipinski definition) is 5. The lowest BCUT2D eigenvalue weighted by atomic mass is 10.1. The summed E-state index contributed by atoms with van der Waals surface area (Å²) < 4.78 is 10.1. The molecule has 6 nitrogen and oxygen atoms in total. The van der Waals surface area contributed by atoms with Gasteiger partial charge in [-0.25, -0.2) is 4.68 Å². The van der Waals surface area contributed by atoms with E-state index in [2.05, 4.69) is 4.90 Å². The van der Waals surface area contributed by atoms with Crippen LogP contribution in [0, 0.1) is 4.77 Å². The predicted molar refractivity (Wildman–Crippen MR) is 116 cm³/mol. The Morgan fingerprint density at radius 1 is 1.07 bits per heavy atom. The average Bonchev–Trinajstić information content (AvgIpc) is 3.07. The van der Waals surface area contributed by atoms with E-state index in [1.807, 2.05) is 70.8 Å². The molecule has 0 bridgehead atoms. The van der Waals surface area contributed by atoms with Crippen LogP contribution in [-0.2, 0) is 6.67 Å². The molecule has 2 heterocycles. The van der Waals surface area contributed by atoms with Crippen LogP contribution in [0.3, 0.4) is 0 Å². The van der Waals surface area contributed by atoms with Crippen molar-refractivity contribution in [1.82, 2.24) is 19.2 Å². The molecule has 0 atom stereocenters. The molecule has 2 aromatic carbocycles. The molecule has 1 saturated heterocycles. The standard InChI is InChI=1S/C22H26N4O2S/c1-2-28-20-10-8-18(9-11-20)26-21(17-6-4-3-5-7-17)23-25(22(26)29)16-24-14-12-19(27)13-15-24/h3-11,19,27H,2,12-16H2,1H3. The largest absolute Gasteiger partial charge is 0.494 e. The van der Waals surface area contributed by atoms with Crippen molar-refractivity contribution in [1.29, 1.82) is 0 Å². The van der Waals surface area contributed by atoms with Gasteiger partial charge < -0.3 is 9.84 Å². The maximum absolute atomic E-state index is 9.77. The fourth-order valence-electron chi connectivity index (χ4n) is 3.62. The molecular weight excluding hydrogens is 384 g/mol. The van der Waals surface area contributed by atoms with E-state index in [1.54, 1.807) is 0 Å². The number of aliphatic hydroxyl groups is 1. The van der Waals surface area contributed by atoms with Gasteiger partial charge in [0.25, 0.3) is 0 Å². The molecule has 0 saturated carbocycles. The number of aliphatic hydroxyl groups excluding tert-OH is 1. The highest BCUT2D eigenvalue weighted by atomic mass is 32.1. The Kier molecular flexibility index (Phi) is 6.08. The van der Waals surface area contributed by atoms with E-state index in [0.29, 0.717) is 18.0 Å². The van der Waals surface area contributed by atoms with Crippen molar-refractivity contribution < 1.29 is 9.84 Å². The third-order valence-electron chi connectivity index (χ3n) is 5.17. The van der Waals surface area contributed by atoms with E-state index in [9.17, 15) is 5.11 Å². The molecule has 3 aromatic rings. The van der Waals surface area contributed by atoms with Gasteiger partial charge in [0, 0.05) is 18.7 Å². The maximum atomic E-state index is 9.77. The van der Waals surface area contributed by atoms with Crippen LogP contribution in [0.2, 0.25) is 0 Å².